The van der Waals surface area contributed by atoms with E-state index in [4.69, 9.17) is 27.9 Å². The first kappa shape index (κ1) is 26.4. The van der Waals surface area contributed by atoms with Crippen LogP contribution in [0.4, 0.5) is 0 Å². The van der Waals surface area contributed by atoms with Gasteiger partial charge < -0.3 is 15.0 Å². The molecule has 0 aliphatic rings. The van der Waals surface area contributed by atoms with Gasteiger partial charge in [0.15, 0.2) is 0 Å². The van der Waals surface area contributed by atoms with E-state index in [-0.39, 0.29) is 23.1 Å². The zero-order valence-corrected chi connectivity index (χ0v) is 21.4. The number of nitrogens with zero attached hydrogens (tertiary/aromatic N) is 1. The van der Waals surface area contributed by atoms with Crippen LogP contribution in [0.3, 0.4) is 0 Å². The predicted octanol–water partition coefficient (Wildman–Crippen LogP) is 5.57. The SMILES string of the molecule is COc1ccc(CN(C(=O)CSCc2ccc(Cl)c(Cl)c2)C(C)C(=O)NC(C)(C)C)cc1. The molecule has 0 radical (unpaired) electrons. The summed E-state index contributed by atoms with van der Waals surface area (Å²) in [5.41, 5.74) is 1.52. The average Bonchev–Trinajstić information content (AvgIpc) is 2.73. The lowest BCUT2D eigenvalue weighted by Crippen LogP contribution is -2.52. The van der Waals surface area contributed by atoms with Crippen molar-refractivity contribution in [1.29, 1.82) is 0 Å². The second-order valence-corrected chi connectivity index (χ2v) is 10.3. The van der Waals surface area contributed by atoms with Crippen LogP contribution in [0.25, 0.3) is 0 Å². The molecule has 1 atom stereocenters. The topological polar surface area (TPSA) is 58.6 Å². The standard InChI is InChI=1S/C24H30Cl2N2O3S/c1-16(23(30)27-24(2,3)4)28(13-17-6-9-19(31-5)10-7-17)22(29)15-32-14-18-8-11-20(25)21(26)12-18/h6-12,16H,13-15H2,1-5H3,(H,27,30). The van der Waals surface area contributed by atoms with Gasteiger partial charge in [-0.25, -0.2) is 0 Å². The fourth-order valence-electron chi connectivity index (χ4n) is 2.95. The third-order valence-electron chi connectivity index (χ3n) is 4.66. The van der Waals surface area contributed by atoms with Gasteiger partial charge in [0.25, 0.3) is 0 Å². The van der Waals surface area contributed by atoms with E-state index in [9.17, 15) is 9.59 Å². The number of amides is 2. The number of rotatable bonds is 9. The quantitative estimate of drug-likeness (QED) is 0.492. The van der Waals surface area contributed by atoms with Gasteiger partial charge in [-0.2, -0.15) is 0 Å². The highest BCUT2D eigenvalue weighted by Gasteiger charge is 2.28. The van der Waals surface area contributed by atoms with E-state index in [1.165, 1.54) is 11.8 Å². The van der Waals surface area contributed by atoms with E-state index >= 15 is 0 Å². The highest BCUT2D eigenvalue weighted by atomic mass is 35.5. The first-order valence-corrected chi connectivity index (χ1v) is 12.2. The number of thioether (sulfide) groups is 1. The van der Waals surface area contributed by atoms with Crippen LogP contribution in [0.1, 0.15) is 38.8 Å². The maximum atomic E-state index is 13.1. The monoisotopic (exact) mass is 496 g/mol. The summed E-state index contributed by atoms with van der Waals surface area (Å²) < 4.78 is 5.21. The Hall–Kier alpha value is -1.89. The smallest absolute Gasteiger partial charge is 0.242 e. The van der Waals surface area contributed by atoms with Crippen molar-refractivity contribution >= 4 is 46.8 Å². The molecule has 5 nitrogen and oxygen atoms in total. The van der Waals surface area contributed by atoms with E-state index in [0.29, 0.717) is 22.3 Å². The van der Waals surface area contributed by atoms with Crippen LogP contribution in [-0.2, 0) is 21.9 Å². The third kappa shape index (κ3) is 8.23. The van der Waals surface area contributed by atoms with Gasteiger partial charge >= 0.3 is 0 Å². The lowest BCUT2D eigenvalue weighted by molar-refractivity contribution is -0.139. The lowest BCUT2D eigenvalue weighted by atomic mass is 10.1. The maximum absolute atomic E-state index is 13.1. The molecule has 0 fully saturated rings. The van der Waals surface area contributed by atoms with E-state index in [1.54, 1.807) is 31.1 Å². The molecule has 1 unspecified atom stereocenters. The third-order valence-corrected chi connectivity index (χ3v) is 6.38. The number of methoxy groups -OCH3 is 1. The molecule has 0 aromatic heterocycles. The van der Waals surface area contributed by atoms with Crippen LogP contribution in [0.2, 0.25) is 10.0 Å². The molecule has 0 aliphatic heterocycles. The van der Waals surface area contributed by atoms with Gasteiger partial charge in [-0.3, -0.25) is 9.59 Å². The Balaban J connectivity index is 2.10. The predicted molar refractivity (Wildman–Crippen MR) is 134 cm³/mol. The molecule has 0 bridgehead atoms. The molecule has 2 rings (SSSR count). The first-order chi connectivity index (χ1) is 15.0. The van der Waals surface area contributed by atoms with E-state index < -0.39 is 6.04 Å². The second-order valence-electron chi connectivity index (χ2n) is 8.53. The summed E-state index contributed by atoms with van der Waals surface area (Å²) in [5.74, 6) is 1.30. The Kier molecular flexibility index (Phi) is 9.74. The van der Waals surface area contributed by atoms with Gasteiger partial charge in [0.1, 0.15) is 11.8 Å². The van der Waals surface area contributed by atoms with Crippen molar-refractivity contribution in [3.63, 3.8) is 0 Å². The van der Waals surface area contributed by atoms with Crippen LogP contribution in [0.5, 0.6) is 5.75 Å². The Morgan fingerprint density at radius 2 is 1.69 bits per heavy atom. The molecule has 2 amide bonds. The van der Waals surface area contributed by atoms with Crippen LogP contribution in [0.15, 0.2) is 42.5 Å². The van der Waals surface area contributed by atoms with Crippen LogP contribution >= 0.6 is 35.0 Å². The zero-order chi connectivity index (χ0) is 23.9. The summed E-state index contributed by atoms with van der Waals surface area (Å²) in [6, 6.07) is 12.3. The van der Waals surface area contributed by atoms with Gasteiger partial charge in [0.2, 0.25) is 11.8 Å². The van der Waals surface area contributed by atoms with Gasteiger partial charge in [-0.15, -0.1) is 11.8 Å². The number of benzene rings is 2. The van der Waals surface area contributed by atoms with Crippen LogP contribution in [-0.4, -0.2) is 41.2 Å². The highest BCUT2D eigenvalue weighted by Crippen LogP contribution is 2.25. The summed E-state index contributed by atoms with van der Waals surface area (Å²) in [6.45, 7) is 7.84. The van der Waals surface area contributed by atoms with E-state index in [2.05, 4.69) is 5.32 Å². The number of nitrogens with one attached hydrogen (secondary N) is 1. The maximum Gasteiger partial charge on any atom is 0.242 e. The number of hydrogen-bond donors (Lipinski definition) is 1. The number of carbonyl (C=O) groups is 2. The van der Waals surface area contributed by atoms with Gasteiger partial charge in [0, 0.05) is 17.8 Å². The fraction of sp³-hybridized carbons (Fsp3) is 0.417. The van der Waals surface area contributed by atoms with Crippen LogP contribution in [0, 0.1) is 0 Å². The fourth-order valence-corrected chi connectivity index (χ4v) is 4.13. The van der Waals surface area contributed by atoms with Crippen molar-refractivity contribution in [2.24, 2.45) is 0 Å². The first-order valence-electron chi connectivity index (χ1n) is 10.3. The molecular weight excluding hydrogens is 467 g/mol. The Bertz CT molecular complexity index is 930. The molecule has 0 saturated carbocycles. The number of halogens is 2. The molecule has 0 saturated heterocycles. The van der Waals surface area contributed by atoms with Crippen molar-refractivity contribution in [2.75, 3.05) is 12.9 Å². The van der Waals surface area contributed by atoms with Gasteiger partial charge in [-0.1, -0.05) is 41.4 Å². The second kappa shape index (κ2) is 11.8. The van der Waals surface area contributed by atoms with Crippen LogP contribution < -0.4 is 10.1 Å². The number of carbonyl (C=O) groups excluding carboxylic acids is 2. The van der Waals surface area contributed by atoms with Crippen molar-refractivity contribution in [2.45, 2.75) is 51.6 Å². The molecule has 2 aromatic carbocycles. The molecule has 8 heteroatoms. The summed E-state index contributed by atoms with van der Waals surface area (Å²) >= 11 is 13.5. The Morgan fingerprint density at radius 3 is 2.25 bits per heavy atom. The molecule has 32 heavy (non-hydrogen) atoms. The van der Waals surface area contributed by atoms with Crippen molar-refractivity contribution in [1.82, 2.24) is 10.2 Å². The van der Waals surface area contributed by atoms with Crippen molar-refractivity contribution in [3.05, 3.63) is 63.6 Å². The Morgan fingerprint density at radius 1 is 1.06 bits per heavy atom. The lowest BCUT2D eigenvalue weighted by Gasteiger charge is -2.31. The summed E-state index contributed by atoms with van der Waals surface area (Å²) in [7, 11) is 1.61. The van der Waals surface area contributed by atoms with Gasteiger partial charge in [-0.05, 0) is 63.1 Å². The Labute approximate surface area is 204 Å². The number of hydrogen-bond acceptors (Lipinski definition) is 4. The summed E-state index contributed by atoms with van der Waals surface area (Å²) in [4.78, 5) is 27.6. The van der Waals surface area contributed by atoms with Crippen molar-refractivity contribution in [3.8, 4) is 5.75 Å². The molecule has 1 N–H and O–H groups in total. The average molecular weight is 497 g/mol. The molecule has 0 heterocycles. The van der Waals surface area contributed by atoms with Crippen molar-refractivity contribution < 1.29 is 14.3 Å². The zero-order valence-electron chi connectivity index (χ0n) is 19.1. The largest absolute Gasteiger partial charge is 0.497 e. The molecule has 174 valence electrons. The van der Waals surface area contributed by atoms with Gasteiger partial charge in [0.05, 0.1) is 22.9 Å². The minimum absolute atomic E-state index is 0.109. The molecular formula is C24H30Cl2N2O3S. The minimum Gasteiger partial charge on any atom is -0.497 e. The normalized spacial score (nSPS) is 12.2. The molecule has 2 aromatic rings. The summed E-state index contributed by atoms with van der Waals surface area (Å²) in [6.07, 6.45) is 0. The summed E-state index contributed by atoms with van der Waals surface area (Å²) in [5, 5.41) is 3.96. The van der Waals surface area contributed by atoms with E-state index in [0.717, 1.165) is 16.9 Å². The number of ether oxygens (including phenoxy) is 1. The van der Waals surface area contributed by atoms with E-state index in [1.807, 2.05) is 51.1 Å². The molecule has 0 aliphatic carbocycles. The minimum atomic E-state index is -0.616. The highest BCUT2D eigenvalue weighted by molar-refractivity contribution is 7.99. The molecule has 0 spiro atoms.